The van der Waals surface area contributed by atoms with Crippen LogP contribution in [0.15, 0.2) is 78.4 Å². The van der Waals surface area contributed by atoms with Crippen LogP contribution in [-0.2, 0) is 15.8 Å². The molecule has 33 heavy (non-hydrogen) atoms. The number of aryl methyl sites for hydroxylation is 1. The lowest BCUT2D eigenvalue weighted by Crippen LogP contribution is -2.29. The number of rotatable bonds is 3. The maximum atomic E-state index is 13.6. The third-order valence-corrected chi connectivity index (χ3v) is 5.41. The van der Waals surface area contributed by atoms with E-state index in [4.69, 9.17) is 0 Å². The van der Waals surface area contributed by atoms with Crippen LogP contribution in [0.5, 0.6) is 0 Å². The number of amides is 1. The average Bonchev–Trinajstić information content (AvgIpc) is 3.04. The summed E-state index contributed by atoms with van der Waals surface area (Å²) in [6, 6.07) is 14.1. The fourth-order valence-corrected chi connectivity index (χ4v) is 3.76. The number of carbonyl (C=O) groups excluding carboxylic acids is 2. The molecule has 1 unspecified atom stereocenters. The highest BCUT2D eigenvalue weighted by Crippen LogP contribution is 2.43. The first kappa shape index (κ1) is 22.3. The second-order valence-electron chi connectivity index (χ2n) is 7.63. The summed E-state index contributed by atoms with van der Waals surface area (Å²) >= 11 is 0. The molecule has 1 atom stereocenters. The minimum absolute atomic E-state index is 0.177. The molecule has 1 N–H and O–H groups in total. The fourth-order valence-electron chi connectivity index (χ4n) is 3.76. The van der Waals surface area contributed by atoms with Crippen molar-refractivity contribution in [3.8, 4) is 0 Å². The predicted molar refractivity (Wildman–Crippen MR) is 114 cm³/mol. The molecule has 0 saturated carbocycles. The van der Waals surface area contributed by atoms with Crippen molar-refractivity contribution >= 4 is 23.1 Å². The third-order valence-electron chi connectivity index (χ3n) is 5.41. The number of halogens is 4. The van der Waals surface area contributed by atoms with Gasteiger partial charge in [0.15, 0.2) is 0 Å². The van der Waals surface area contributed by atoms with E-state index >= 15 is 0 Å². The number of carbonyl (C=O) groups is 2. The monoisotopic (exact) mass is 455 g/mol. The number of anilines is 1. The SMILES string of the molecule is Cc1ccc(/C(O)=C2\C(=O)C(=O)N(c3cccc(C(F)(F)F)c3)C2c2ccc(F)cc2)cc1. The zero-order valence-electron chi connectivity index (χ0n) is 17.2. The van der Waals surface area contributed by atoms with E-state index in [1.165, 1.54) is 18.2 Å². The van der Waals surface area contributed by atoms with Crippen molar-refractivity contribution in [3.63, 3.8) is 0 Å². The molecule has 0 aliphatic carbocycles. The largest absolute Gasteiger partial charge is 0.507 e. The number of hydrogen-bond acceptors (Lipinski definition) is 3. The zero-order chi connectivity index (χ0) is 23.9. The van der Waals surface area contributed by atoms with E-state index in [0.717, 1.165) is 40.8 Å². The van der Waals surface area contributed by atoms with Gasteiger partial charge in [-0.15, -0.1) is 0 Å². The first-order valence-electron chi connectivity index (χ1n) is 9.88. The Labute approximate surface area is 186 Å². The molecule has 1 amide bonds. The number of nitrogens with zero attached hydrogens (tertiary/aromatic N) is 1. The highest BCUT2D eigenvalue weighted by atomic mass is 19.4. The molecule has 8 heteroatoms. The quantitative estimate of drug-likeness (QED) is 0.236. The highest BCUT2D eigenvalue weighted by Gasteiger charge is 2.47. The normalized spacial score (nSPS) is 18.1. The maximum absolute atomic E-state index is 13.6. The van der Waals surface area contributed by atoms with E-state index in [-0.39, 0.29) is 22.4 Å². The number of benzene rings is 3. The van der Waals surface area contributed by atoms with Gasteiger partial charge in [0, 0.05) is 11.3 Å². The van der Waals surface area contributed by atoms with Crippen LogP contribution in [0.25, 0.3) is 5.76 Å². The second kappa shape index (κ2) is 8.20. The third kappa shape index (κ3) is 4.11. The molecular formula is C25H17F4NO3. The molecule has 0 radical (unpaired) electrons. The van der Waals surface area contributed by atoms with Gasteiger partial charge in [0.2, 0.25) is 0 Å². The first-order valence-corrected chi connectivity index (χ1v) is 9.88. The molecule has 0 bridgehead atoms. The Morgan fingerprint density at radius 1 is 0.939 bits per heavy atom. The fraction of sp³-hybridized carbons (Fsp3) is 0.120. The number of aliphatic hydroxyl groups is 1. The van der Waals surface area contributed by atoms with Crippen molar-refractivity contribution < 1.29 is 32.3 Å². The van der Waals surface area contributed by atoms with Gasteiger partial charge in [0.05, 0.1) is 17.2 Å². The minimum atomic E-state index is -4.67. The predicted octanol–water partition coefficient (Wildman–Crippen LogP) is 5.78. The zero-order valence-corrected chi connectivity index (χ0v) is 17.2. The van der Waals surface area contributed by atoms with E-state index in [1.54, 1.807) is 24.3 Å². The number of aliphatic hydroxyl groups excluding tert-OH is 1. The van der Waals surface area contributed by atoms with Gasteiger partial charge >= 0.3 is 6.18 Å². The van der Waals surface area contributed by atoms with Crippen LogP contribution in [0.3, 0.4) is 0 Å². The highest BCUT2D eigenvalue weighted by molar-refractivity contribution is 6.51. The second-order valence-corrected chi connectivity index (χ2v) is 7.63. The van der Waals surface area contributed by atoms with Gasteiger partial charge in [-0.25, -0.2) is 4.39 Å². The Morgan fingerprint density at radius 3 is 2.18 bits per heavy atom. The van der Waals surface area contributed by atoms with Gasteiger partial charge in [-0.2, -0.15) is 13.2 Å². The summed E-state index contributed by atoms with van der Waals surface area (Å²) in [5, 5.41) is 11.0. The van der Waals surface area contributed by atoms with Crippen LogP contribution < -0.4 is 4.90 Å². The molecule has 1 fully saturated rings. The number of ketones is 1. The van der Waals surface area contributed by atoms with Gasteiger partial charge in [-0.05, 0) is 42.8 Å². The molecular weight excluding hydrogens is 438 g/mol. The molecule has 1 heterocycles. The number of Topliss-reactive ketones (excluding diaryl/α,β-unsaturated/α-hetero) is 1. The van der Waals surface area contributed by atoms with Gasteiger partial charge in [0.25, 0.3) is 11.7 Å². The van der Waals surface area contributed by atoms with Crippen LogP contribution in [0.2, 0.25) is 0 Å². The molecule has 3 aromatic rings. The van der Waals surface area contributed by atoms with Gasteiger partial charge in [-0.1, -0.05) is 48.0 Å². The Bertz CT molecular complexity index is 1260. The molecule has 0 spiro atoms. The molecule has 1 saturated heterocycles. The minimum Gasteiger partial charge on any atom is -0.507 e. The van der Waals surface area contributed by atoms with Crippen molar-refractivity contribution in [1.82, 2.24) is 0 Å². The summed E-state index contributed by atoms with van der Waals surface area (Å²) in [5.41, 5.74) is -0.0714. The molecule has 168 valence electrons. The Hall–Kier alpha value is -3.94. The standard InChI is InChI=1S/C25H17F4NO3/c1-14-5-7-16(8-6-14)22(31)20-21(15-9-11-18(26)12-10-15)30(24(33)23(20)32)19-4-2-3-17(13-19)25(27,28)29/h2-13,21,31H,1H3/b22-20+. The van der Waals surface area contributed by atoms with Crippen molar-refractivity contribution in [1.29, 1.82) is 0 Å². The lowest BCUT2D eigenvalue weighted by molar-refractivity contribution is -0.137. The van der Waals surface area contributed by atoms with Crippen molar-refractivity contribution in [2.24, 2.45) is 0 Å². The summed E-state index contributed by atoms with van der Waals surface area (Å²) in [4.78, 5) is 26.9. The topological polar surface area (TPSA) is 57.6 Å². The maximum Gasteiger partial charge on any atom is 0.416 e. The summed E-state index contributed by atoms with van der Waals surface area (Å²) < 4.78 is 53.4. The van der Waals surface area contributed by atoms with Crippen LogP contribution >= 0.6 is 0 Å². The van der Waals surface area contributed by atoms with Crippen molar-refractivity contribution in [2.75, 3.05) is 4.90 Å². The van der Waals surface area contributed by atoms with E-state index < -0.39 is 41.0 Å². The van der Waals surface area contributed by atoms with E-state index in [1.807, 2.05) is 6.92 Å². The molecule has 1 aliphatic heterocycles. The molecule has 1 aliphatic rings. The molecule has 0 aromatic heterocycles. The van der Waals surface area contributed by atoms with E-state index in [0.29, 0.717) is 0 Å². The number of alkyl halides is 3. The molecule has 4 rings (SSSR count). The Balaban J connectivity index is 1.94. The van der Waals surface area contributed by atoms with Crippen molar-refractivity contribution in [3.05, 3.63) is 106 Å². The lowest BCUT2D eigenvalue weighted by atomic mass is 9.95. The van der Waals surface area contributed by atoms with Crippen LogP contribution in [0, 0.1) is 12.7 Å². The van der Waals surface area contributed by atoms with Gasteiger partial charge in [0.1, 0.15) is 11.6 Å². The van der Waals surface area contributed by atoms with Gasteiger partial charge < -0.3 is 5.11 Å². The summed E-state index contributed by atoms with van der Waals surface area (Å²) in [6.45, 7) is 1.83. The van der Waals surface area contributed by atoms with Crippen LogP contribution in [0.1, 0.15) is 28.3 Å². The van der Waals surface area contributed by atoms with E-state index in [9.17, 15) is 32.3 Å². The Morgan fingerprint density at radius 2 is 1.58 bits per heavy atom. The summed E-state index contributed by atoms with van der Waals surface area (Å²) in [5.74, 6) is -3.21. The van der Waals surface area contributed by atoms with Crippen LogP contribution in [0.4, 0.5) is 23.2 Å². The van der Waals surface area contributed by atoms with E-state index in [2.05, 4.69) is 0 Å². The average molecular weight is 455 g/mol. The van der Waals surface area contributed by atoms with Crippen molar-refractivity contribution in [2.45, 2.75) is 19.1 Å². The summed E-state index contributed by atoms with van der Waals surface area (Å²) in [6.07, 6.45) is -4.67. The molecule has 3 aromatic carbocycles. The van der Waals surface area contributed by atoms with Gasteiger partial charge in [-0.3, -0.25) is 14.5 Å². The molecule has 4 nitrogen and oxygen atoms in total. The lowest BCUT2D eigenvalue weighted by Gasteiger charge is -2.26. The first-order chi connectivity index (χ1) is 15.6. The summed E-state index contributed by atoms with van der Waals surface area (Å²) in [7, 11) is 0. The number of hydrogen-bond donors (Lipinski definition) is 1. The van der Waals surface area contributed by atoms with Crippen LogP contribution in [-0.4, -0.2) is 16.8 Å². The Kier molecular flexibility index (Phi) is 5.53. The smallest absolute Gasteiger partial charge is 0.416 e.